The molecule has 0 amide bonds. The Balaban J connectivity index is 2.65. The van der Waals surface area contributed by atoms with E-state index < -0.39 is 0 Å². The smallest absolute Gasteiger partial charge is 0.0353 e. The minimum atomic E-state index is 1.24. The maximum Gasteiger partial charge on any atom is -0.0353 e. The third-order valence-electron chi connectivity index (χ3n) is 1.51. The molecule has 62 valence electrons. The highest BCUT2D eigenvalue weighted by atomic mass is 31.1. The Bertz CT molecular complexity index is 47.2. The molecule has 0 spiro atoms. The van der Waals surface area contributed by atoms with Crippen molar-refractivity contribution in [3.05, 3.63) is 0 Å². The Morgan fingerprint density at radius 1 is 1.10 bits per heavy atom. The Labute approximate surface area is 69.5 Å². The lowest BCUT2D eigenvalue weighted by Crippen LogP contribution is -1.81. The van der Waals surface area contributed by atoms with Crippen molar-refractivity contribution in [3.63, 3.8) is 0 Å². The van der Waals surface area contributed by atoms with Crippen LogP contribution in [0.15, 0.2) is 0 Å². The summed E-state index contributed by atoms with van der Waals surface area (Å²) in [7, 11) is 4.03. The third kappa shape index (κ3) is 8.86. The zero-order valence-electron chi connectivity index (χ0n) is 7.03. The maximum absolute atomic E-state index is 2.79. The first kappa shape index (κ1) is 10.9. The van der Waals surface area contributed by atoms with E-state index in [1.165, 1.54) is 52.7 Å². The molecule has 0 heterocycles. The molecule has 0 radical (unpaired) electrons. The lowest BCUT2D eigenvalue weighted by atomic mass is 10.4. The first-order valence-electron chi connectivity index (χ1n) is 4.32. The van der Waals surface area contributed by atoms with E-state index >= 15 is 0 Å². The van der Waals surface area contributed by atoms with Gasteiger partial charge >= 0.3 is 0 Å². The van der Waals surface area contributed by atoms with E-state index in [1.54, 1.807) is 0 Å². The van der Waals surface area contributed by atoms with Gasteiger partial charge in [0.05, 0.1) is 0 Å². The van der Waals surface area contributed by atoms with Gasteiger partial charge in [0.25, 0.3) is 0 Å². The van der Waals surface area contributed by atoms with Gasteiger partial charge < -0.3 is 0 Å². The summed E-state index contributed by atoms with van der Waals surface area (Å²) in [5, 5.41) is 0. The summed E-state index contributed by atoms with van der Waals surface area (Å²) in [5.41, 5.74) is 0. The van der Waals surface area contributed by atoms with Gasteiger partial charge in [-0.05, 0) is 37.7 Å². The summed E-state index contributed by atoms with van der Waals surface area (Å²) in [4.78, 5) is 0. The molecule has 0 bridgehead atoms. The fourth-order valence-electron chi connectivity index (χ4n) is 0.821. The van der Waals surface area contributed by atoms with Crippen LogP contribution in [0.25, 0.3) is 0 Å². The van der Waals surface area contributed by atoms with Gasteiger partial charge in [0, 0.05) is 0 Å². The fourth-order valence-corrected chi connectivity index (χ4v) is 2.46. The quantitative estimate of drug-likeness (QED) is 0.415. The molecule has 2 unspecified atom stereocenters. The fraction of sp³-hybridized carbons (Fsp3) is 1.00. The van der Waals surface area contributed by atoms with Crippen molar-refractivity contribution in [2.24, 2.45) is 0 Å². The van der Waals surface area contributed by atoms with Gasteiger partial charge in [-0.1, -0.05) is 13.3 Å². The Morgan fingerprint density at radius 3 is 2.40 bits per heavy atom. The molecule has 0 aromatic rings. The first-order valence-corrected chi connectivity index (χ1v) is 6.55. The molecule has 0 rings (SSSR count). The predicted octanol–water partition coefficient (Wildman–Crippen LogP) is 3.12. The molecular formula is C8H20P2. The molecule has 0 N–H and O–H groups in total. The van der Waals surface area contributed by atoms with Crippen molar-refractivity contribution < 1.29 is 0 Å². The topological polar surface area (TPSA) is 0 Å². The van der Waals surface area contributed by atoms with Crippen molar-refractivity contribution in [1.29, 1.82) is 0 Å². The highest BCUT2D eigenvalue weighted by Crippen LogP contribution is 2.14. The van der Waals surface area contributed by atoms with Crippen LogP contribution in [0.5, 0.6) is 0 Å². The summed E-state index contributed by atoms with van der Waals surface area (Å²) < 4.78 is 0. The highest BCUT2D eigenvalue weighted by molar-refractivity contribution is 7.37. The molecule has 2 atom stereocenters. The zero-order chi connectivity index (χ0) is 7.66. The van der Waals surface area contributed by atoms with Crippen LogP contribution in [0.3, 0.4) is 0 Å². The third-order valence-corrected chi connectivity index (χ3v) is 3.34. The lowest BCUT2D eigenvalue weighted by molar-refractivity contribution is 0.879. The van der Waals surface area contributed by atoms with E-state index in [0.717, 1.165) is 0 Å². The second kappa shape index (κ2) is 9.86. The van der Waals surface area contributed by atoms with Crippen LogP contribution < -0.4 is 0 Å². The molecule has 0 aliphatic rings. The van der Waals surface area contributed by atoms with Crippen LogP contribution in [-0.4, -0.2) is 18.5 Å². The predicted molar refractivity (Wildman–Crippen MR) is 56.8 cm³/mol. The minimum absolute atomic E-state index is 1.24. The standard InChI is InChI=1S/C8H20P2/c1-2-3-7-10-8-5-4-6-9/h10H,2-9H2,1H3. The normalized spacial score (nSPS) is 11.4. The number of hydrogen-bond donors (Lipinski definition) is 0. The average molecular weight is 178 g/mol. The Morgan fingerprint density at radius 2 is 1.80 bits per heavy atom. The molecule has 0 aliphatic carbocycles. The van der Waals surface area contributed by atoms with Crippen LogP contribution >= 0.6 is 17.8 Å². The van der Waals surface area contributed by atoms with Gasteiger partial charge in [0.15, 0.2) is 0 Å². The second-order valence-corrected chi connectivity index (χ2v) is 4.68. The molecule has 0 fully saturated rings. The molecule has 10 heavy (non-hydrogen) atoms. The molecule has 0 saturated carbocycles. The van der Waals surface area contributed by atoms with E-state index in [4.69, 9.17) is 0 Å². The van der Waals surface area contributed by atoms with E-state index in [2.05, 4.69) is 16.2 Å². The number of unbranched alkanes of at least 4 members (excludes halogenated alkanes) is 2. The van der Waals surface area contributed by atoms with E-state index in [9.17, 15) is 0 Å². The largest absolute Gasteiger partial charge is 0.138 e. The second-order valence-electron chi connectivity index (χ2n) is 2.60. The van der Waals surface area contributed by atoms with Crippen LogP contribution in [0, 0.1) is 0 Å². The average Bonchev–Trinajstić information content (AvgIpc) is 1.97. The van der Waals surface area contributed by atoms with Crippen LogP contribution in [0.4, 0.5) is 0 Å². The van der Waals surface area contributed by atoms with Gasteiger partial charge in [0.2, 0.25) is 0 Å². The molecule has 0 nitrogen and oxygen atoms in total. The van der Waals surface area contributed by atoms with Gasteiger partial charge in [0.1, 0.15) is 0 Å². The number of rotatable bonds is 7. The van der Waals surface area contributed by atoms with Gasteiger partial charge in [-0.2, -0.15) is 0 Å². The molecule has 2 heteroatoms. The Kier molecular flexibility index (Phi) is 10.7. The molecule has 0 saturated heterocycles. The summed E-state index contributed by atoms with van der Waals surface area (Å²) in [6.45, 7) is 2.27. The lowest BCUT2D eigenvalue weighted by Gasteiger charge is -1.98. The summed E-state index contributed by atoms with van der Waals surface area (Å²) in [6, 6.07) is 0. The molecular weight excluding hydrogens is 158 g/mol. The zero-order valence-corrected chi connectivity index (χ0v) is 9.18. The van der Waals surface area contributed by atoms with Crippen LogP contribution in [-0.2, 0) is 0 Å². The highest BCUT2D eigenvalue weighted by Gasteiger charge is 1.87. The van der Waals surface area contributed by atoms with E-state index in [0.29, 0.717) is 0 Å². The van der Waals surface area contributed by atoms with E-state index in [-0.39, 0.29) is 0 Å². The van der Waals surface area contributed by atoms with Crippen LogP contribution in [0.1, 0.15) is 32.6 Å². The number of hydrogen-bond acceptors (Lipinski definition) is 0. The van der Waals surface area contributed by atoms with Crippen molar-refractivity contribution in [2.75, 3.05) is 18.5 Å². The van der Waals surface area contributed by atoms with Gasteiger partial charge in [-0.3, -0.25) is 0 Å². The van der Waals surface area contributed by atoms with Crippen molar-refractivity contribution in [2.45, 2.75) is 32.6 Å². The van der Waals surface area contributed by atoms with Crippen molar-refractivity contribution in [3.8, 4) is 0 Å². The maximum atomic E-state index is 2.79. The summed E-state index contributed by atoms with van der Waals surface area (Å²) >= 11 is 0. The first-order chi connectivity index (χ1) is 4.91. The molecule has 0 aromatic heterocycles. The van der Waals surface area contributed by atoms with Crippen molar-refractivity contribution in [1.82, 2.24) is 0 Å². The Hall–Kier alpha value is 0.860. The van der Waals surface area contributed by atoms with Gasteiger partial charge in [-0.25, -0.2) is 0 Å². The van der Waals surface area contributed by atoms with Crippen molar-refractivity contribution >= 4 is 17.8 Å². The SMILES string of the molecule is CCCCPCCCCP. The molecule has 0 aromatic carbocycles. The monoisotopic (exact) mass is 178 g/mol. The molecule has 0 aliphatic heterocycles. The summed E-state index contributed by atoms with van der Waals surface area (Å²) in [5.74, 6) is 0. The van der Waals surface area contributed by atoms with Gasteiger partial charge in [-0.15, -0.1) is 17.8 Å². The van der Waals surface area contributed by atoms with E-state index in [1.807, 2.05) is 0 Å². The summed E-state index contributed by atoms with van der Waals surface area (Å²) in [6.07, 6.45) is 9.92. The van der Waals surface area contributed by atoms with Crippen LogP contribution in [0.2, 0.25) is 0 Å². The minimum Gasteiger partial charge on any atom is -0.138 e.